The average molecular weight is 288 g/mol. The van der Waals surface area contributed by atoms with Gasteiger partial charge in [-0.05, 0) is 18.3 Å². The number of nitrogens with zero attached hydrogens (tertiary/aromatic N) is 1. The van der Waals surface area contributed by atoms with E-state index >= 15 is 0 Å². The molecule has 6 heteroatoms. The average Bonchev–Trinajstić information content (AvgIpc) is 2.35. The first-order chi connectivity index (χ1) is 8.99. The summed E-state index contributed by atoms with van der Waals surface area (Å²) in [7, 11) is 0. The summed E-state index contributed by atoms with van der Waals surface area (Å²) >= 11 is 1.86. The Kier molecular flexibility index (Phi) is 7.05. The lowest BCUT2D eigenvalue weighted by Crippen LogP contribution is -2.45. The fourth-order valence-electron chi connectivity index (χ4n) is 2.26. The zero-order chi connectivity index (χ0) is 14.3. The number of carboxylic acid groups (broad SMARTS) is 1. The van der Waals surface area contributed by atoms with Crippen LogP contribution >= 0.6 is 11.8 Å². The highest BCUT2D eigenvalue weighted by atomic mass is 32.2. The van der Waals surface area contributed by atoms with Crippen molar-refractivity contribution in [3.8, 4) is 0 Å². The third kappa shape index (κ3) is 6.71. The number of nitrogens with one attached hydrogen (secondary N) is 1. The number of hydrogen-bond donors (Lipinski definition) is 2. The minimum atomic E-state index is -0.797. The van der Waals surface area contributed by atoms with Crippen LogP contribution in [-0.2, 0) is 4.79 Å². The predicted octanol–water partition coefficient (Wildman–Crippen LogP) is 1.88. The predicted molar refractivity (Wildman–Crippen MR) is 77.5 cm³/mol. The monoisotopic (exact) mass is 288 g/mol. The van der Waals surface area contributed by atoms with Crippen LogP contribution < -0.4 is 5.32 Å². The Morgan fingerprint density at radius 3 is 2.47 bits per heavy atom. The van der Waals surface area contributed by atoms with Crippen LogP contribution in [-0.4, -0.2) is 53.1 Å². The summed E-state index contributed by atoms with van der Waals surface area (Å²) in [6.07, 6.45) is 0.941. The molecule has 110 valence electrons. The van der Waals surface area contributed by atoms with Crippen LogP contribution in [0, 0.1) is 11.8 Å². The number of hydrogen-bond acceptors (Lipinski definition) is 3. The van der Waals surface area contributed by atoms with Gasteiger partial charge in [-0.2, -0.15) is 11.8 Å². The van der Waals surface area contributed by atoms with E-state index in [9.17, 15) is 9.59 Å². The second kappa shape index (κ2) is 8.30. The van der Waals surface area contributed by atoms with Gasteiger partial charge in [0.1, 0.15) is 0 Å². The van der Waals surface area contributed by atoms with Crippen molar-refractivity contribution in [3.63, 3.8) is 0 Å². The fraction of sp³-hybridized carbons (Fsp3) is 0.846. The summed E-state index contributed by atoms with van der Waals surface area (Å²) in [6.45, 7) is 6.15. The van der Waals surface area contributed by atoms with Gasteiger partial charge in [-0.3, -0.25) is 4.79 Å². The van der Waals surface area contributed by atoms with Crippen LogP contribution in [0.3, 0.4) is 0 Å². The Hall–Kier alpha value is -0.910. The topological polar surface area (TPSA) is 69.6 Å². The first-order valence-corrected chi connectivity index (χ1v) is 7.96. The molecule has 19 heavy (non-hydrogen) atoms. The van der Waals surface area contributed by atoms with E-state index in [2.05, 4.69) is 19.2 Å². The van der Waals surface area contributed by atoms with Crippen molar-refractivity contribution < 1.29 is 14.7 Å². The van der Waals surface area contributed by atoms with Gasteiger partial charge in [-0.15, -0.1) is 0 Å². The summed E-state index contributed by atoms with van der Waals surface area (Å²) < 4.78 is 0. The first-order valence-electron chi connectivity index (χ1n) is 6.81. The van der Waals surface area contributed by atoms with Crippen LogP contribution in [0.4, 0.5) is 4.79 Å². The van der Waals surface area contributed by atoms with E-state index in [1.165, 1.54) is 0 Å². The fourth-order valence-corrected chi connectivity index (χ4v) is 3.17. The van der Waals surface area contributed by atoms with Crippen molar-refractivity contribution in [2.45, 2.75) is 26.7 Å². The molecular weight excluding hydrogens is 264 g/mol. The summed E-state index contributed by atoms with van der Waals surface area (Å²) in [5.41, 5.74) is 0. The molecule has 2 N–H and O–H groups in total. The van der Waals surface area contributed by atoms with Gasteiger partial charge in [0.2, 0.25) is 0 Å². The van der Waals surface area contributed by atoms with Crippen LogP contribution in [0.2, 0.25) is 0 Å². The second-order valence-electron chi connectivity index (χ2n) is 5.38. The number of urea groups is 1. The summed E-state index contributed by atoms with van der Waals surface area (Å²) in [6, 6.07) is -0.0561. The maximum atomic E-state index is 11.9. The van der Waals surface area contributed by atoms with Crippen molar-refractivity contribution in [3.05, 3.63) is 0 Å². The molecule has 1 rings (SSSR count). The van der Waals surface area contributed by atoms with Gasteiger partial charge < -0.3 is 15.3 Å². The number of amides is 2. The maximum Gasteiger partial charge on any atom is 0.317 e. The molecule has 2 amide bonds. The Morgan fingerprint density at radius 2 is 1.95 bits per heavy atom. The third-order valence-electron chi connectivity index (χ3n) is 3.11. The number of thioether (sulfide) groups is 1. The zero-order valence-electron chi connectivity index (χ0n) is 11.7. The second-order valence-corrected chi connectivity index (χ2v) is 6.60. The van der Waals surface area contributed by atoms with Gasteiger partial charge in [-0.1, -0.05) is 13.8 Å². The van der Waals surface area contributed by atoms with Crippen molar-refractivity contribution in [2.75, 3.05) is 31.1 Å². The van der Waals surface area contributed by atoms with E-state index in [4.69, 9.17) is 5.11 Å². The Labute approximate surface area is 119 Å². The van der Waals surface area contributed by atoms with Crippen molar-refractivity contribution in [1.29, 1.82) is 0 Å². The molecule has 1 aliphatic rings. The number of aliphatic carboxylic acids is 1. The molecule has 5 nitrogen and oxygen atoms in total. The molecule has 1 unspecified atom stereocenters. The molecule has 0 aliphatic carbocycles. The van der Waals surface area contributed by atoms with Gasteiger partial charge in [-0.25, -0.2) is 4.79 Å². The highest BCUT2D eigenvalue weighted by molar-refractivity contribution is 7.99. The molecule has 1 heterocycles. The lowest BCUT2D eigenvalue weighted by Gasteiger charge is -2.27. The molecule has 0 aromatic carbocycles. The van der Waals surface area contributed by atoms with E-state index in [0.717, 1.165) is 31.0 Å². The van der Waals surface area contributed by atoms with E-state index < -0.39 is 5.97 Å². The summed E-state index contributed by atoms with van der Waals surface area (Å²) in [4.78, 5) is 24.6. The molecule has 0 radical (unpaired) electrons. The van der Waals surface area contributed by atoms with Crippen LogP contribution in [0.15, 0.2) is 0 Å². The quantitative estimate of drug-likeness (QED) is 0.783. The number of rotatable bonds is 6. The zero-order valence-corrected chi connectivity index (χ0v) is 12.5. The summed E-state index contributed by atoms with van der Waals surface area (Å²) in [5.74, 6) is 1.62. The molecule has 1 atom stereocenters. The van der Waals surface area contributed by atoms with Gasteiger partial charge in [0, 0.05) is 37.6 Å². The van der Waals surface area contributed by atoms with Crippen LogP contribution in [0.25, 0.3) is 0 Å². The number of carbonyl (C=O) groups excluding carboxylic acids is 1. The third-order valence-corrected chi connectivity index (χ3v) is 4.05. The van der Waals surface area contributed by atoms with Crippen molar-refractivity contribution >= 4 is 23.8 Å². The highest BCUT2D eigenvalue weighted by Gasteiger charge is 2.19. The molecular formula is C13H24N2O3S. The van der Waals surface area contributed by atoms with Crippen LogP contribution in [0.1, 0.15) is 26.7 Å². The molecule has 0 saturated carbocycles. The SMILES string of the molecule is CC(C)CC(CNC(=O)N1CCSCC1)CC(=O)O. The first kappa shape index (κ1) is 16.1. The molecule has 0 spiro atoms. The molecule has 0 aromatic heterocycles. The van der Waals surface area contributed by atoms with E-state index in [1.807, 2.05) is 16.7 Å². The molecule has 1 aliphatic heterocycles. The lowest BCUT2D eigenvalue weighted by atomic mass is 9.94. The molecule has 1 saturated heterocycles. The summed E-state index contributed by atoms with van der Waals surface area (Å²) in [5, 5.41) is 11.8. The van der Waals surface area contributed by atoms with Crippen LogP contribution in [0.5, 0.6) is 0 Å². The number of carboxylic acids is 1. The van der Waals surface area contributed by atoms with Gasteiger partial charge in [0.05, 0.1) is 0 Å². The largest absolute Gasteiger partial charge is 0.481 e. The van der Waals surface area contributed by atoms with Gasteiger partial charge >= 0.3 is 12.0 Å². The normalized spacial score (nSPS) is 17.3. The Morgan fingerprint density at radius 1 is 1.32 bits per heavy atom. The van der Waals surface area contributed by atoms with Crippen molar-refractivity contribution in [2.24, 2.45) is 11.8 Å². The standard InChI is InChI=1S/C13H24N2O3S/c1-10(2)7-11(8-12(16)17)9-14-13(18)15-3-5-19-6-4-15/h10-11H,3-9H2,1-2H3,(H,14,18)(H,16,17). The van der Waals surface area contributed by atoms with Gasteiger partial charge in [0.15, 0.2) is 0 Å². The molecule has 1 fully saturated rings. The maximum absolute atomic E-state index is 11.9. The van der Waals surface area contributed by atoms with E-state index in [1.54, 1.807) is 0 Å². The highest BCUT2D eigenvalue weighted by Crippen LogP contribution is 2.15. The van der Waals surface area contributed by atoms with E-state index in [-0.39, 0.29) is 18.4 Å². The molecule has 0 aromatic rings. The molecule has 0 bridgehead atoms. The minimum absolute atomic E-state index is 0.0145. The van der Waals surface area contributed by atoms with Crippen molar-refractivity contribution in [1.82, 2.24) is 10.2 Å². The smallest absolute Gasteiger partial charge is 0.317 e. The lowest BCUT2D eigenvalue weighted by molar-refractivity contribution is -0.138. The Bertz CT molecular complexity index is 304. The minimum Gasteiger partial charge on any atom is -0.481 e. The van der Waals surface area contributed by atoms with Gasteiger partial charge in [0.25, 0.3) is 0 Å². The van der Waals surface area contributed by atoms with E-state index in [0.29, 0.717) is 12.5 Å². The number of carbonyl (C=O) groups is 2. The Balaban J connectivity index is 2.36.